The third-order valence-electron chi connectivity index (χ3n) is 1.48. The van der Waals surface area contributed by atoms with E-state index >= 15 is 0 Å². The summed E-state index contributed by atoms with van der Waals surface area (Å²) in [6.07, 6.45) is 0. The van der Waals surface area contributed by atoms with Gasteiger partial charge in [0, 0.05) is 0 Å². The molecule has 106 valence electrons. The van der Waals surface area contributed by atoms with Crippen LogP contribution in [0, 0.1) is 11.3 Å². The number of hydrogen-bond donors (Lipinski definition) is 0. The van der Waals surface area contributed by atoms with Crippen molar-refractivity contribution in [1.82, 2.24) is 4.98 Å². The van der Waals surface area contributed by atoms with E-state index in [0.717, 1.165) is 5.75 Å². The van der Waals surface area contributed by atoms with Crippen molar-refractivity contribution < 1.29 is 17.5 Å². The summed E-state index contributed by atoms with van der Waals surface area (Å²) in [7, 11) is 2.75. The molecule has 0 unspecified atom stereocenters. The average molecular weight is 358 g/mol. The van der Waals surface area contributed by atoms with Gasteiger partial charge in [-0.1, -0.05) is 30.0 Å². The number of nitrogens with zero attached hydrogens (tertiary/aromatic N) is 2. The molecule has 1 aromatic rings. The Balaban J connectivity index is 2.95. The zero-order chi connectivity index (χ0) is 14.3. The quantitative estimate of drug-likeness (QED) is 0.385. The Morgan fingerprint density at radius 2 is 2.05 bits per heavy atom. The lowest BCUT2D eigenvalue weighted by Crippen LogP contribution is -1.90. The first-order valence-electron chi connectivity index (χ1n) is 4.86. The minimum Gasteiger partial charge on any atom is -0.405 e. The summed E-state index contributed by atoms with van der Waals surface area (Å²) in [5, 5.41) is 9.02. The molecule has 6 nitrogen and oxygen atoms in total. The normalized spacial score (nSPS) is 11.3. The van der Waals surface area contributed by atoms with Gasteiger partial charge in [-0.05, 0) is 5.75 Å². The third-order valence-corrected chi connectivity index (χ3v) is 8.03. The highest BCUT2D eigenvalue weighted by Crippen LogP contribution is 2.69. The van der Waals surface area contributed by atoms with Crippen LogP contribution < -0.4 is 4.52 Å². The Morgan fingerprint density at radius 3 is 2.53 bits per heavy atom. The van der Waals surface area contributed by atoms with Crippen molar-refractivity contribution in [2.75, 3.05) is 20.0 Å². The molecular weight excluding hydrogens is 347 g/mol. The molecule has 11 heteroatoms. The van der Waals surface area contributed by atoms with E-state index in [2.05, 4.69) is 4.98 Å². The van der Waals surface area contributed by atoms with Crippen LogP contribution in [-0.4, -0.2) is 25.0 Å². The molecular formula is C8H11N2O4PS4. The number of hydrogen-bond acceptors (Lipinski definition) is 10. The van der Waals surface area contributed by atoms with Crippen LogP contribution in [0.4, 0.5) is 0 Å². The van der Waals surface area contributed by atoms with Gasteiger partial charge >= 0.3 is 5.77 Å². The van der Waals surface area contributed by atoms with Crippen LogP contribution >= 0.6 is 52.2 Å². The van der Waals surface area contributed by atoms with Crippen LogP contribution in [0.3, 0.4) is 0 Å². The van der Waals surface area contributed by atoms with Gasteiger partial charge in [0.2, 0.25) is 0 Å². The Kier molecular flexibility index (Phi) is 7.61. The van der Waals surface area contributed by atoms with E-state index in [4.69, 9.17) is 18.2 Å². The summed E-state index contributed by atoms with van der Waals surface area (Å²) in [4.78, 5) is 4.43. The molecule has 0 saturated heterocycles. The highest BCUT2D eigenvalue weighted by Gasteiger charge is 2.32. The van der Waals surface area contributed by atoms with Crippen molar-refractivity contribution in [1.29, 1.82) is 5.26 Å². The molecule has 1 rings (SSSR count). The van der Waals surface area contributed by atoms with Crippen LogP contribution in [0.1, 0.15) is 11.8 Å². The molecule has 0 saturated carbocycles. The molecule has 0 amide bonds. The van der Waals surface area contributed by atoms with E-state index in [1.807, 2.05) is 13.0 Å². The molecule has 0 radical (unpaired) electrons. The van der Waals surface area contributed by atoms with Crippen molar-refractivity contribution in [2.24, 2.45) is 0 Å². The van der Waals surface area contributed by atoms with E-state index < -0.39 is 5.77 Å². The predicted octanol–water partition coefficient (Wildman–Crippen LogP) is 4.20. The largest absolute Gasteiger partial charge is 0.413 e. The highest BCUT2D eigenvalue weighted by molar-refractivity contribution is 8.87. The SMILES string of the molecule is CCSc1nc(OP(=O)(SOC)SOC)c(C#N)s1. The van der Waals surface area contributed by atoms with Crippen molar-refractivity contribution in [2.45, 2.75) is 11.3 Å². The van der Waals surface area contributed by atoms with Crippen LogP contribution in [0.25, 0.3) is 0 Å². The van der Waals surface area contributed by atoms with Crippen molar-refractivity contribution in [3.05, 3.63) is 4.88 Å². The van der Waals surface area contributed by atoms with E-state index in [1.165, 1.54) is 37.3 Å². The Hall–Kier alpha value is 0.120. The van der Waals surface area contributed by atoms with E-state index in [9.17, 15) is 4.57 Å². The fourth-order valence-corrected chi connectivity index (χ4v) is 6.65. The number of thiazole rings is 1. The summed E-state index contributed by atoms with van der Waals surface area (Å²) in [5.41, 5.74) is 0. The second-order valence-corrected chi connectivity index (χ2v) is 11.7. The van der Waals surface area contributed by atoms with Gasteiger partial charge in [0.25, 0.3) is 5.88 Å². The summed E-state index contributed by atoms with van der Waals surface area (Å²) < 4.78 is 27.9. The van der Waals surface area contributed by atoms with E-state index in [-0.39, 0.29) is 10.8 Å². The average Bonchev–Trinajstić information content (AvgIpc) is 2.71. The third kappa shape index (κ3) is 5.19. The van der Waals surface area contributed by atoms with Crippen molar-refractivity contribution >= 4 is 52.2 Å². The maximum atomic E-state index is 12.3. The fraction of sp³-hybridized carbons (Fsp3) is 0.500. The molecule has 0 fully saturated rings. The molecule has 0 aromatic carbocycles. The van der Waals surface area contributed by atoms with E-state index in [0.29, 0.717) is 27.7 Å². The maximum Gasteiger partial charge on any atom is 0.413 e. The molecule has 1 heterocycles. The van der Waals surface area contributed by atoms with Gasteiger partial charge in [-0.2, -0.15) is 10.2 Å². The first kappa shape index (κ1) is 17.2. The van der Waals surface area contributed by atoms with Gasteiger partial charge in [0.15, 0.2) is 9.22 Å². The van der Waals surface area contributed by atoms with Gasteiger partial charge in [-0.3, -0.25) is 0 Å². The Bertz CT molecular complexity index is 493. The zero-order valence-corrected chi connectivity index (χ0v) is 14.5. The summed E-state index contributed by atoms with van der Waals surface area (Å²) in [6, 6.07) is 1.98. The van der Waals surface area contributed by atoms with Gasteiger partial charge in [-0.15, -0.1) is 0 Å². The lowest BCUT2D eigenvalue weighted by atomic mass is 10.6. The molecule has 1 aromatic heterocycles. The van der Waals surface area contributed by atoms with Gasteiger partial charge in [0.05, 0.1) is 14.2 Å². The molecule has 0 bridgehead atoms. The number of aromatic nitrogens is 1. The van der Waals surface area contributed by atoms with Gasteiger partial charge < -0.3 is 12.9 Å². The van der Waals surface area contributed by atoms with E-state index in [1.54, 1.807) is 0 Å². The smallest absolute Gasteiger partial charge is 0.405 e. The number of rotatable bonds is 8. The molecule has 19 heavy (non-hydrogen) atoms. The van der Waals surface area contributed by atoms with Gasteiger partial charge in [-0.25, -0.2) is 4.57 Å². The summed E-state index contributed by atoms with van der Waals surface area (Å²) in [5.74, 6) is -2.43. The van der Waals surface area contributed by atoms with Crippen LogP contribution in [0.5, 0.6) is 5.88 Å². The molecule has 0 aliphatic carbocycles. The zero-order valence-electron chi connectivity index (χ0n) is 10.3. The molecule has 0 aliphatic rings. The minimum atomic E-state index is -3.31. The molecule has 0 aliphatic heterocycles. The van der Waals surface area contributed by atoms with Crippen LogP contribution in [0.15, 0.2) is 4.34 Å². The minimum absolute atomic E-state index is 0.0564. The van der Waals surface area contributed by atoms with Crippen molar-refractivity contribution in [3.8, 4) is 11.9 Å². The highest BCUT2D eigenvalue weighted by atomic mass is 33.1. The predicted molar refractivity (Wildman–Crippen MR) is 80.7 cm³/mol. The summed E-state index contributed by atoms with van der Waals surface area (Å²) >= 11 is 4.01. The second-order valence-electron chi connectivity index (χ2n) is 2.68. The molecule has 0 N–H and O–H groups in total. The number of thioether (sulfide) groups is 1. The monoisotopic (exact) mass is 358 g/mol. The Labute approximate surface area is 128 Å². The van der Waals surface area contributed by atoms with Crippen molar-refractivity contribution in [3.63, 3.8) is 0 Å². The molecule has 0 atom stereocenters. The lowest BCUT2D eigenvalue weighted by molar-refractivity contribution is 0.467. The first-order valence-corrected chi connectivity index (χ1v) is 11.0. The number of nitriles is 1. The van der Waals surface area contributed by atoms with Crippen LogP contribution in [0.2, 0.25) is 0 Å². The van der Waals surface area contributed by atoms with Crippen LogP contribution in [-0.2, 0) is 12.9 Å². The summed E-state index contributed by atoms with van der Waals surface area (Å²) in [6.45, 7) is 1.98. The lowest BCUT2D eigenvalue weighted by Gasteiger charge is -2.12. The maximum absolute atomic E-state index is 12.3. The topological polar surface area (TPSA) is 81.4 Å². The fourth-order valence-electron chi connectivity index (χ4n) is 0.937. The molecule has 0 spiro atoms. The van der Waals surface area contributed by atoms with Gasteiger partial charge in [0.1, 0.15) is 29.4 Å². The standard InChI is InChI=1S/C8H11N2O4PS4/c1-4-16-8-10-7(6(5-9)17-8)14-15(11,18-12-2)19-13-3/h4H2,1-3H3. The Morgan fingerprint density at radius 1 is 1.42 bits per heavy atom. The first-order chi connectivity index (χ1) is 9.08. The second kappa shape index (κ2) is 8.42.